The minimum Gasteiger partial charge on any atom is -0.248 e. The SMILES string of the molecule is C=CC(=C\C)/C(C=C)=N/C1=C/C=C/C(C)=C(C)/C=C\1C. The van der Waals surface area contributed by atoms with Crippen LogP contribution >= 0.6 is 0 Å². The Balaban J connectivity index is 3.29. The van der Waals surface area contributed by atoms with Gasteiger partial charge in [-0.15, -0.1) is 0 Å². The Bertz CT molecular complexity index is 587. The summed E-state index contributed by atoms with van der Waals surface area (Å²) in [5.41, 5.74) is 6.45. The second kappa shape index (κ2) is 7.44. The smallest absolute Gasteiger partial charge is 0.0699 e. The Morgan fingerprint density at radius 3 is 2.35 bits per heavy atom. The number of hydrogen-bond acceptors (Lipinski definition) is 1. The van der Waals surface area contributed by atoms with E-state index in [9.17, 15) is 0 Å². The van der Waals surface area contributed by atoms with E-state index in [1.807, 2.05) is 25.2 Å². The molecule has 104 valence electrons. The van der Waals surface area contributed by atoms with Crippen molar-refractivity contribution in [1.29, 1.82) is 0 Å². The van der Waals surface area contributed by atoms with Crippen molar-refractivity contribution in [3.8, 4) is 0 Å². The number of rotatable bonds is 4. The molecule has 0 spiro atoms. The Labute approximate surface area is 122 Å². The Kier molecular flexibility index (Phi) is 5.92. The molecule has 0 fully saturated rings. The van der Waals surface area contributed by atoms with Gasteiger partial charge in [-0.1, -0.05) is 43.5 Å². The fourth-order valence-corrected chi connectivity index (χ4v) is 1.91. The number of nitrogens with zero attached hydrogens (tertiary/aromatic N) is 1. The lowest BCUT2D eigenvalue weighted by molar-refractivity contribution is 1.24. The fourth-order valence-electron chi connectivity index (χ4n) is 1.91. The van der Waals surface area contributed by atoms with Gasteiger partial charge in [0.2, 0.25) is 0 Å². The van der Waals surface area contributed by atoms with Crippen molar-refractivity contribution in [3.63, 3.8) is 0 Å². The monoisotopic (exact) mass is 265 g/mol. The van der Waals surface area contributed by atoms with Crippen LogP contribution in [0.5, 0.6) is 0 Å². The number of hydrogen-bond donors (Lipinski definition) is 0. The van der Waals surface area contributed by atoms with Crippen LogP contribution in [-0.2, 0) is 0 Å². The molecule has 0 atom stereocenters. The van der Waals surface area contributed by atoms with Crippen molar-refractivity contribution in [1.82, 2.24) is 0 Å². The molecular formula is C19H23N. The minimum absolute atomic E-state index is 0.842. The molecule has 1 nitrogen and oxygen atoms in total. The van der Waals surface area contributed by atoms with Gasteiger partial charge < -0.3 is 0 Å². The molecule has 1 heteroatoms. The first kappa shape index (κ1) is 15.9. The summed E-state index contributed by atoms with van der Waals surface area (Å²) in [6.07, 6.45) is 13.9. The molecule has 0 aromatic heterocycles. The first-order chi connectivity index (χ1) is 9.53. The van der Waals surface area contributed by atoms with Crippen LogP contribution in [0, 0.1) is 0 Å². The molecule has 0 bridgehead atoms. The van der Waals surface area contributed by atoms with Crippen LogP contribution in [0.4, 0.5) is 0 Å². The van der Waals surface area contributed by atoms with E-state index in [2.05, 4.69) is 46.1 Å². The largest absolute Gasteiger partial charge is 0.248 e. The van der Waals surface area contributed by atoms with Crippen molar-refractivity contribution in [2.45, 2.75) is 27.7 Å². The quantitative estimate of drug-likeness (QED) is 0.471. The predicted molar refractivity (Wildman–Crippen MR) is 90.9 cm³/mol. The van der Waals surface area contributed by atoms with Gasteiger partial charge in [0, 0.05) is 0 Å². The Morgan fingerprint density at radius 1 is 1.10 bits per heavy atom. The van der Waals surface area contributed by atoms with E-state index in [1.165, 1.54) is 11.1 Å². The van der Waals surface area contributed by atoms with E-state index in [1.54, 1.807) is 12.2 Å². The van der Waals surface area contributed by atoms with Gasteiger partial charge in [0.15, 0.2) is 0 Å². The highest BCUT2D eigenvalue weighted by atomic mass is 14.8. The molecule has 0 N–H and O–H groups in total. The highest BCUT2D eigenvalue weighted by Gasteiger charge is 2.04. The van der Waals surface area contributed by atoms with E-state index in [0.29, 0.717) is 0 Å². The van der Waals surface area contributed by atoms with Crippen molar-refractivity contribution in [2.24, 2.45) is 4.99 Å². The van der Waals surface area contributed by atoms with Crippen molar-refractivity contribution in [2.75, 3.05) is 0 Å². The summed E-state index contributed by atoms with van der Waals surface area (Å²) in [5, 5.41) is 0. The van der Waals surface area contributed by atoms with E-state index < -0.39 is 0 Å². The maximum Gasteiger partial charge on any atom is 0.0699 e. The maximum atomic E-state index is 4.72. The van der Waals surface area contributed by atoms with Crippen LogP contribution in [-0.4, -0.2) is 5.71 Å². The zero-order valence-corrected chi connectivity index (χ0v) is 12.9. The molecule has 0 heterocycles. The topological polar surface area (TPSA) is 12.4 Å². The molecule has 0 aromatic rings. The maximum absolute atomic E-state index is 4.72. The molecule has 20 heavy (non-hydrogen) atoms. The summed E-state index contributed by atoms with van der Waals surface area (Å²) in [5.74, 6) is 0. The lowest BCUT2D eigenvalue weighted by Crippen LogP contribution is -1.98. The molecular weight excluding hydrogens is 242 g/mol. The van der Waals surface area contributed by atoms with Gasteiger partial charge in [-0.3, -0.25) is 0 Å². The van der Waals surface area contributed by atoms with E-state index in [4.69, 9.17) is 4.99 Å². The van der Waals surface area contributed by atoms with Crippen LogP contribution in [0.15, 0.2) is 88.7 Å². The van der Waals surface area contributed by atoms with Crippen LogP contribution in [0.2, 0.25) is 0 Å². The van der Waals surface area contributed by atoms with E-state index >= 15 is 0 Å². The number of allylic oxidation sites excluding steroid dienone is 11. The van der Waals surface area contributed by atoms with Gasteiger partial charge in [-0.05, 0) is 62.1 Å². The third kappa shape index (κ3) is 3.92. The molecule has 1 aliphatic rings. The Morgan fingerprint density at radius 2 is 1.80 bits per heavy atom. The lowest BCUT2D eigenvalue weighted by atomic mass is 10.0. The second-order valence-corrected chi connectivity index (χ2v) is 4.75. The van der Waals surface area contributed by atoms with Crippen molar-refractivity contribution in [3.05, 3.63) is 83.7 Å². The second-order valence-electron chi connectivity index (χ2n) is 4.75. The van der Waals surface area contributed by atoms with Gasteiger partial charge in [-0.25, -0.2) is 4.99 Å². The van der Waals surface area contributed by atoms with Crippen LogP contribution in [0.1, 0.15) is 27.7 Å². The fraction of sp³-hybridized carbons (Fsp3) is 0.211. The summed E-state index contributed by atoms with van der Waals surface area (Å²) in [7, 11) is 0. The third-order valence-corrected chi connectivity index (χ3v) is 3.32. The molecule has 0 unspecified atom stereocenters. The summed E-state index contributed by atoms with van der Waals surface area (Å²) in [4.78, 5) is 4.72. The summed E-state index contributed by atoms with van der Waals surface area (Å²) >= 11 is 0. The van der Waals surface area contributed by atoms with Crippen LogP contribution in [0.25, 0.3) is 0 Å². The molecule has 0 aromatic carbocycles. The summed E-state index contributed by atoms with van der Waals surface area (Å²) < 4.78 is 0. The standard InChI is InChI=1S/C19H23N/c1-7-17(8-2)18(9-3)20-19-12-10-11-14(4)15(5)13-16(19)6/h7-13H,1,3H2,2,4-6H3/b11-10+,12-10?,14-11?,15-13?,15-14+,16-13-,17-8+,19-12+,19-16?,20-18+. The normalized spacial score (nSPS) is 27.6. The van der Waals surface area contributed by atoms with Crippen molar-refractivity contribution < 1.29 is 0 Å². The van der Waals surface area contributed by atoms with Crippen molar-refractivity contribution >= 4 is 5.71 Å². The van der Waals surface area contributed by atoms with Gasteiger partial charge in [0.1, 0.15) is 0 Å². The zero-order valence-electron chi connectivity index (χ0n) is 12.9. The minimum atomic E-state index is 0.842. The molecule has 1 aliphatic carbocycles. The highest BCUT2D eigenvalue weighted by Crippen LogP contribution is 2.20. The molecule has 0 aliphatic heterocycles. The molecule has 0 saturated carbocycles. The van der Waals surface area contributed by atoms with Gasteiger partial charge in [-0.2, -0.15) is 0 Å². The summed E-state index contributed by atoms with van der Waals surface area (Å²) in [6, 6.07) is 0. The van der Waals surface area contributed by atoms with E-state index in [-0.39, 0.29) is 0 Å². The average Bonchev–Trinajstić information content (AvgIpc) is 2.44. The number of aliphatic imine (C=N–C) groups is 1. The average molecular weight is 265 g/mol. The van der Waals surface area contributed by atoms with Gasteiger partial charge in [0.05, 0.1) is 11.4 Å². The predicted octanol–water partition coefficient (Wildman–Crippen LogP) is 5.48. The Hall–Kier alpha value is -2.15. The molecule has 1 rings (SSSR count). The molecule has 0 saturated heterocycles. The first-order valence-corrected chi connectivity index (χ1v) is 6.78. The van der Waals surface area contributed by atoms with Crippen LogP contribution < -0.4 is 0 Å². The van der Waals surface area contributed by atoms with Crippen LogP contribution in [0.3, 0.4) is 0 Å². The summed E-state index contributed by atoms with van der Waals surface area (Å²) in [6.45, 7) is 15.9. The molecule has 0 radical (unpaired) electrons. The first-order valence-electron chi connectivity index (χ1n) is 6.78. The third-order valence-electron chi connectivity index (χ3n) is 3.32. The highest BCUT2D eigenvalue weighted by molar-refractivity contribution is 6.10. The zero-order chi connectivity index (χ0) is 15.1. The van der Waals surface area contributed by atoms with E-state index in [0.717, 1.165) is 22.6 Å². The van der Waals surface area contributed by atoms with Gasteiger partial charge >= 0.3 is 0 Å². The van der Waals surface area contributed by atoms with Gasteiger partial charge in [0.25, 0.3) is 0 Å². The molecule has 0 amide bonds. The lowest BCUT2D eigenvalue weighted by Gasteiger charge is -2.09.